The van der Waals surface area contributed by atoms with Crippen molar-refractivity contribution in [1.82, 2.24) is 4.90 Å². The fraction of sp³-hybridized carbons (Fsp3) is 1.00. The molecular formula is C12H26N2S. The summed E-state index contributed by atoms with van der Waals surface area (Å²) in [6.07, 6.45) is 8.85. The third-order valence-electron chi connectivity index (χ3n) is 3.12. The molecule has 15 heavy (non-hydrogen) atoms. The standard InChI is InChI=1S/C12H26N2S/c1-3-8-14(11-6-7-11)12(10-13)5-4-9-15-2/h11-12H,3-10,13H2,1-2H3. The van der Waals surface area contributed by atoms with E-state index in [4.69, 9.17) is 5.73 Å². The van der Waals surface area contributed by atoms with E-state index in [1.54, 1.807) is 0 Å². The molecular weight excluding hydrogens is 204 g/mol. The molecule has 0 spiro atoms. The Bertz CT molecular complexity index is 160. The van der Waals surface area contributed by atoms with Gasteiger partial charge in [0.15, 0.2) is 0 Å². The van der Waals surface area contributed by atoms with Crippen LogP contribution in [0.4, 0.5) is 0 Å². The maximum absolute atomic E-state index is 5.90. The summed E-state index contributed by atoms with van der Waals surface area (Å²) in [5.41, 5.74) is 5.90. The molecule has 90 valence electrons. The maximum atomic E-state index is 5.90. The highest BCUT2D eigenvalue weighted by atomic mass is 32.2. The lowest BCUT2D eigenvalue weighted by Crippen LogP contribution is -2.42. The topological polar surface area (TPSA) is 29.3 Å². The van der Waals surface area contributed by atoms with Crippen LogP contribution in [0.3, 0.4) is 0 Å². The fourth-order valence-electron chi connectivity index (χ4n) is 2.21. The zero-order valence-electron chi connectivity index (χ0n) is 10.2. The van der Waals surface area contributed by atoms with Crippen LogP contribution in [0.1, 0.15) is 39.0 Å². The molecule has 1 aliphatic carbocycles. The average molecular weight is 230 g/mol. The van der Waals surface area contributed by atoms with Crippen molar-refractivity contribution in [2.45, 2.75) is 51.1 Å². The van der Waals surface area contributed by atoms with Gasteiger partial charge in [-0.15, -0.1) is 0 Å². The molecule has 1 fully saturated rings. The molecule has 1 atom stereocenters. The van der Waals surface area contributed by atoms with E-state index >= 15 is 0 Å². The number of thioether (sulfide) groups is 1. The SMILES string of the molecule is CCCN(C(CN)CCCSC)C1CC1. The lowest BCUT2D eigenvalue weighted by Gasteiger charge is -2.30. The highest BCUT2D eigenvalue weighted by Gasteiger charge is 2.32. The summed E-state index contributed by atoms with van der Waals surface area (Å²) in [5.74, 6) is 1.28. The summed E-state index contributed by atoms with van der Waals surface area (Å²) in [7, 11) is 0. The summed E-state index contributed by atoms with van der Waals surface area (Å²) < 4.78 is 0. The molecule has 0 aromatic carbocycles. The van der Waals surface area contributed by atoms with E-state index in [9.17, 15) is 0 Å². The molecule has 2 N–H and O–H groups in total. The molecule has 0 aromatic heterocycles. The van der Waals surface area contributed by atoms with Crippen LogP contribution < -0.4 is 5.73 Å². The lowest BCUT2D eigenvalue weighted by molar-refractivity contribution is 0.180. The van der Waals surface area contributed by atoms with E-state index in [0.29, 0.717) is 6.04 Å². The lowest BCUT2D eigenvalue weighted by atomic mass is 10.1. The van der Waals surface area contributed by atoms with Crippen molar-refractivity contribution < 1.29 is 0 Å². The first-order chi connectivity index (χ1) is 7.33. The smallest absolute Gasteiger partial charge is 0.0221 e. The molecule has 0 aromatic rings. The molecule has 0 amide bonds. The summed E-state index contributed by atoms with van der Waals surface area (Å²) >= 11 is 1.94. The van der Waals surface area contributed by atoms with Crippen LogP contribution in [0.5, 0.6) is 0 Å². The quantitative estimate of drug-likeness (QED) is 0.617. The first-order valence-corrected chi connectivity index (χ1v) is 7.67. The van der Waals surface area contributed by atoms with Crippen molar-refractivity contribution in [1.29, 1.82) is 0 Å². The number of nitrogens with zero attached hydrogens (tertiary/aromatic N) is 1. The Labute approximate surface area is 99.0 Å². The summed E-state index contributed by atoms with van der Waals surface area (Å²) in [5, 5.41) is 0. The molecule has 2 nitrogen and oxygen atoms in total. The Hall–Kier alpha value is 0.270. The van der Waals surface area contributed by atoms with Gasteiger partial charge in [0.25, 0.3) is 0 Å². The van der Waals surface area contributed by atoms with E-state index in [-0.39, 0.29) is 0 Å². The van der Waals surface area contributed by atoms with Crippen molar-refractivity contribution in [2.75, 3.05) is 25.1 Å². The van der Waals surface area contributed by atoms with E-state index in [0.717, 1.165) is 12.6 Å². The summed E-state index contributed by atoms with van der Waals surface area (Å²) in [6.45, 7) is 4.35. The van der Waals surface area contributed by atoms with Gasteiger partial charge in [-0.1, -0.05) is 6.92 Å². The molecule has 0 aliphatic heterocycles. The maximum Gasteiger partial charge on any atom is 0.0221 e. The first kappa shape index (κ1) is 13.3. The van der Waals surface area contributed by atoms with Gasteiger partial charge in [-0.3, -0.25) is 4.90 Å². The third kappa shape index (κ3) is 4.75. The Morgan fingerprint density at radius 2 is 2.20 bits per heavy atom. The van der Waals surface area contributed by atoms with Crippen LogP contribution in [0.15, 0.2) is 0 Å². The van der Waals surface area contributed by atoms with Gasteiger partial charge in [0, 0.05) is 18.6 Å². The predicted octanol–water partition coefficient (Wildman–Crippen LogP) is 2.33. The van der Waals surface area contributed by atoms with Gasteiger partial charge in [0.1, 0.15) is 0 Å². The Kier molecular flexibility index (Phi) is 6.69. The number of rotatable bonds is 9. The van der Waals surface area contributed by atoms with Gasteiger partial charge in [-0.25, -0.2) is 0 Å². The van der Waals surface area contributed by atoms with E-state index in [2.05, 4.69) is 18.1 Å². The van der Waals surface area contributed by atoms with E-state index in [1.807, 2.05) is 11.8 Å². The van der Waals surface area contributed by atoms with Crippen LogP contribution in [0.25, 0.3) is 0 Å². The van der Waals surface area contributed by atoms with E-state index < -0.39 is 0 Å². The van der Waals surface area contributed by atoms with Crippen LogP contribution in [0.2, 0.25) is 0 Å². The van der Waals surface area contributed by atoms with Gasteiger partial charge in [0.05, 0.1) is 0 Å². The van der Waals surface area contributed by atoms with Crippen molar-refractivity contribution >= 4 is 11.8 Å². The number of hydrogen-bond acceptors (Lipinski definition) is 3. The first-order valence-electron chi connectivity index (χ1n) is 6.28. The van der Waals surface area contributed by atoms with Crippen molar-refractivity contribution in [3.05, 3.63) is 0 Å². The molecule has 0 radical (unpaired) electrons. The number of nitrogens with two attached hydrogens (primary N) is 1. The van der Waals surface area contributed by atoms with Crippen molar-refractivity contribution in [3.8, 4) is 0 Å². The fourth-order valence-corrected chi connectivity index (χ4v) is 2.67. The van der Waals surface area contributed by atoms with Gasteiger partial charge in [0.2, 0.25) is 0 Å². The summed E-state index contributed by atoms with van der Waals surface area (Å²) in [6, 6.07) is 1.51. The molecule has 1 saturated carbocycles. The second kappa shape index (κ2) is 7.53. The third-order valence-corrected chi connectivity index (χ3v) is 3.82. The van der Waals surface area contributed by atoms with Crippen molar-refractivity contribution in [2.24, 2.45) is 5.73 Å². The molecule has 1 aliphatic rings. The molecule has 3 heteroatoms. The summed E-state index contributed by atoms with van der Waals surface area (Å²) in [4.78, 5) is 2.67. The molecule has 0 heterocycles. The predicted molar refractivity (Wildman–Crippen MR) is 70.5 cm³/mol. The zero-order valence-corrected chi connectivity index (χ0v) is 11.1. The van der Waals surface area contributed by atoms with Gasteiger partial charge < -0.3 is 5.73 Å². The van der Waals surface area contributed by atoms with Crippen LogP contribution in [-0.4, -0.2) is 42.1 Å². The minimum Gasteiger partial charge on any atom is -0.329 e. The largest absolute Gasteiger partial charge is 0.329 e. The van der Waals surface area contributed by atoms with Crippen LogP contribution in [-0.2, 0) is 0 Å². The zero-order chi connectivity index (χ0) is 11.1. The van der Waals surface area contributed by atoms with Crippen LogP contribution in [0, 0.1) is 0 Å². The molecule has 0 saturated heterocycles. The Balaban J connectivity index is 2.31. The molecule has 0 bridgehead atoms. The Morgan fingerprint density at radius 1 is 1.47 bits per heavy atom. The minimum absolute atomic E-state index is 0.643. The highest BCUT2D eigenvalue weighted by Crippen LogP contribution is 2.29. The number of hydrogen-bond donors (Lipinski definition) is 1. The minimum atomic E-state index is 0.643. The monoisotopic (exact) mass is 230 g/mol. The second-order valence-electron chi connectivity index (χ2n) is 4.49. The normalized spacial score (nSPS) is 18.4. The highest BCUT2D eigenvalue weighted by molar-refractivity contribution is 7.98. The van der Waals surface area contributed by atoms with Gasteiger partial charge in [-0.2, -0.15) is 11.8 Å². The van der Waals surface area contributed by atoms with Crippen molar-refractivity contribution in [3.63, 3.8) is 0 Å². The second-order valence-corrected chi connectivity index (χ2v) is 5.48. The van der Waals surface area contributed by atoms with E-state index in [1.165, 1.54) is 44.4 Å². The average Bonchev–Trinajstić information content (AvgIpc) is 3.06. The van der Waals surface area contributed by atoms with Crippen LogP contribution >= 0.6 is 11.8 Å². The van der Waals surface area contributed by atoms with Gasteiger partial charge in [-0.05, 0) is 50.7 Å². The Morgan fingerprint density at radius 3 is 2.67 bits per heavy atom. The van der Waals surface area contributed by atoms with Gasteiger partial charge >= 0.3 is 0 Å². The molecule has 1 rings (SSSR count). The molecule has 1 unspecified atom stereocenters.